The minimum atomic E-state index is -0.727. The molecule has 0 fully saturated rings. The van der Waals surface area contributed by atoms with Gasteiger partial charge in [-0.15, -0.1) is 0 Å². The first kappa shape index (κ1) is 30.8. The van der Waals surface area contributed by atoms with Gasteiger partial charge in [-0.1, -0.05) is 47.5 Å². The summed E-state index contributed by atoms with van der Waals surface area (Å²) < 4.78 is 0. The summed E-state index contributed by atoms with van der Waals surface area (Å²) in [7, 11) is 0. The van der Waals surface area contributed by atoms with Gasteiger partial charge in [0.2, 0.25) is 0 Å². The summed E-state index contributed by atoms with van der Waals surface area (Å²) in [5.74, 6) is -0.301. The van der Waals surface area contributed by atoms with Crippen molar-refractivity contribution in [3.8, 4) is 0 Å². The summed E-state index contributed by atoms with van der Waals surface area (Å²) in [6, 6.07) is 0. The molecule has 0 saturated heterocycles. The Labute approximate surface area is 190 Å². The van der Waals surface area contributed by atoms with Crippen LogP contribution in [0.2, 0.25) is 0 Å². The highest BCUT2D eigenvalue weighted by molar-refractivity contribution is 4.83. The van der Waals surface area contributed by atoms with Gasteiger partial charge in [-0.05, 0) is 75.5 Å². The van der Waals surface area contributed by atoms with Gasteiger partial charge in [0.1, 0.15) is 0 Å². The Hall–Kier alpha value is -0.240. The zero-order chi connectivity index (χ0) is 24.0. The van der Waals surface area contributed by atoms with Crippen molar-refractivity contribution in [3.05, 3.63) is 0 Å². The van der Waals surface area contributed by atoms with E-state index in [1.807, 2.05) is 27.7 Å². The molecule has 0 rings (SSSR count). The van der Waals surface area contributed by atoms with Crippen LogP contribution in [0.4, 0.5) is 0 Å². The number of hydrogen-bond donors (Lipinski definition) is 6. The van der Waals surface area contributed by atoms with Gasteiger partial charge in [-0.25, -0.2) is 0 Å². The molecule has 0 bridgehead atoms. The topological polar surface area (TPSA) is 121 Å². The second kappa shape index (κ2) is 17.3. The zero-order valence-corrected chi connectivity index (χ0v) is 20.7. The molecule has 188 valence electrons. The predicted molar refractivity (Wildman–Crippen MR) is 126 cm³/mol. The maximum absolute atomic E-state index is 11.0. The van der Waals surface area contributed by atoms with Crippen molar-refractivity contribution in [3.63, 3.8) is 0 Å². The van der Waals surface area contributed by atoms with E-state index in [0.717, 1.165) is 19.3 Å². The molecule has 0 saturated carbocycles. The van der Waals surface area contributed by atoms with Crippen LogP contribution in [0.15, 0.2) is 0 Å². The van der Waals surface area contributed by atoms with E-state index in [-0.39, 0.29) is 24.2 Å². The molecule has 31 heavy (non-hydrogen) atoms. The number of aliphatic hydroxyl groups excluding tert-OH is 6. The summed E-state index contributed by atoms with van der Waals surface area (Å²) in [6.45, 7) is 9.73. The summed E-state index contributed by atoms with van der Waals surface area (Å²) in [5, 5.41) is 62.5. The Balaban J connectivity index is 5.48. The average molecular weight is 449 g/mol. The number of aliphatic hydroxyl groups is 6. The number of hydrogen-bond acceptors (Lipinski definition) is 6. The first-order valence-electron chi connectivity index (χ1n) is 12.7. The van der Waals surface area contributed by atoms with Gasteiger partial charge >= 0.3 is 0 Å². The maximum atomic E-state index is 11.0. The SMILES string of the molecule is CCCC(CC(CC(CC)C(O)CC(O)CC)C(O)CC(O)CC)C(O)CC(O)CC. The second-order valence-corrected chi connectivity index (χ2v) is 9.54. The van der Waals surface area contributed by atoms with E-state index in [1.54, 1.807) is 0 Å². The first-order chi connectivity index (χ1) is 14.6. The highest BCUT2D eigenvalue weighted by Gasteiger charge is 2.32. The molecule has 0 aliphatic heterocycles. The molecular formula is C25H52O6. The Kier molecular flexibility index (Phi) is 17.1. The van der Waals surface area contributed by atoms with Gasteiger partial charge in [0.25, 0.3) is 0 Å². The monoisotopic (exact) mass is 448 g/mol. The van der Waals surface area contributed by atoms with Crippen molar-refractivity contribution < 1.29 is 30.6 Å². The van der Waals surface area contributed by atoms with Crippen LogP contribution in [0, 0.1) is 17.8 Å². The van der Waals surface area contributed by atoms with Crippen molar-refractivity contribution in [2.24, 2.45) is 17.8 Å². The number of rotatable bonds is 19. The van der Waals surface area contributed by atoms with Gasteiger partial charge in [0.15, 0.2) is 0 Å². The molecular weight excluding hydrogens is 396 g/mol. The van der Waals surface area contributed by atoms with E-state index in [1.165, 1.54) is 0 Å². The maximum Gasteiger partial charge on any atom is 0.0593 e. The van der Waals surface area contributed by atoms with E-state index in [4.69, 9.17) is 0 Å². The average Bonchev–Trinajstić information content (AvgIpc) is 2.74. The Morgan fingerprint density at radius 2 is 0.774 bits per heavy atom. The highest BCUT2D eigenvalue weighted by atomic mass is 16.3. The lowest BCUT2D eigenvalue weighted by molar-refractivity contribution is -0.0183. The van der Waals surface area contributed by atoms with Crippen LogP contribution in [0.25, 0.3) is 0 Å². The lowest BCUT2D eigenvalue weighted by atomic mass is 9.76. The Morgan fingerprint density at radius 1 is 0.419 bits per heavy atom. The van der Waals surface area contributed by atoms with Crippen LogP contribution < -0.4 is 0 Å². The van der Waals surface area contributed by atoms with Crippen molar-refractivity contribution in [1.29, 1.82) is 0 Å². The van der Waals surface area contributed by atoms with Crippen molar-refractivity contribution >= 4 is 0 Å². The fourth-order valence-electron chi connectivity index (χ4n) is 4.54. The van der Waals surface area contributed by atoms with Gasteiger partial charge < -0.3 is 30.6 Å². The van der Waals surface area contributed by atoms with Gasteiger partial charge in [0, 0.05) is 0 Å². The molecule has 0 aromatic carbocycles. The van der Waals surface area contributed by atoms with Crippen LogP contribution >= 0.6 is 0 Å². The lowest BCUT2D eigenvalue weighted by Gasteiger charge is -2.34. The van der Waals surface area contributed by atoms with E-state index < -0.39 is 36.6 Å². The van der Waals surface area contributed by atoms with Gasteiger partial charge in [0.05, 0.1) is 36.6 Å². The quantitative estimate of drug-likeness (QED) is 0.180. The molecule has 6 nitrogen and oxygen atoms in total. The van der Waals surface area contributed by atoms with Crippen LogP contribution in [0.1, 0.15) is 105 Å². The lowest BCUT2D eigenvalue weighted by Crippen LogP contribution is -2.35. The molecule has 6 N–H and O–H groups in total. The minimum Gasteiger partial charge on any atom is -0.393 e. The molecule has 9 atom stereocenters. The largest absolute Gasteiger partial charge is 0.393 e. The molecule has 9 unspecified atom stereocenters. The van der Waals surface area contributed by atoms with Crippen LogP contribution in [-0.2, 0) is 0 Å². The van der Waals surface area contributed by atoms with Gasteiger partial charge in [-0.2, -0.15) is 0 Å². The molecule has 0 aromatic heterocycles. The smallest absolute Gasteiger partial charge is 0.0593 e. The molecule has 0 aliphatic rings. The third-order valence-corrected chi connectivity index (χ3v) is 6.98. The Morgan fingerprint density at radius 3 is 1.13 bits per heavy atom. The fraction of sp³-hybridized carbons (Fsp3) is 1.00. The van der Waals surface area contributed by atoms with Crippen LogP contribution in [0.3, 0.4) is 0 Å². The molecule has 0 aliphatic carbocycles. The summed E-state index contributed by atoms with van der Waals surface area (Å²) in [6.07, 6.45) is 2.56. The van der Waals surface area contributed by atoms with Crippen molar-refractivity contribution in [2.75, 3.05) is 0 Å². The molecule has 6 heteroatoms. The summed E-state index contributed by atoms with van der Waals surface area (Å²) in [4.78, 5) is 0. The zero-order valence-electron chi connectivity index (χ0n) is 20.7. The molecule has 0 amide bonds. The highest BCUT2D eigenvalue weighted by Crippen LogP contribution is 2.34. The first-order valence-corrected chi connectivity index (χ1v) is 12.7. The summed E-state index contributed by atoms with van der Waals surface area (Å²) in [5.41, 5.74) is 0. The minimum absolute atomic E-state index is 0.0551. The third kappa shape index (κ3) is 12.5. The standard InChI is InChI=1S/C25H52O6/c1-6-11-18(24(30)15-21(27)9-4)13-19(25(31)16-22(28)10-5)12-17(7-2)23(29)14-20(26)8-3/h17-31H,6-16H2,1-5H3. The van der Waals surface area contributed by atoms with E-state index in [9.17, 15) is 30.6 Å². The van der Waals surface area contributed by atoms with Crippen LogP contribution in [0.5, 0.6) is 0 Å². The van der Waals surface area contributed by atoms with Crippen LogP contribution in [-0.4, -0.2) is 67.3 Å². The normalized spacial score (nSPS) is 21.0. The summed E-state index contributed by atoms with van der Waals surface area (Å²) >= 11 is 0. The molecule has 0 radical (unpaired) electrons. The van der Waals surface area contributed by atoms with E-state index in [2.05, 4.69) is 6.92 Å². The van der Waals surface area contributed by atoms with Crippen molar-refractivity contribution in [2.45, 2.75) is 142 Å². The Bertz CT molecular complexity index is 421. The fourth-order valence-corrected chi connectivity index (χ4v) is 4.54. The third-order valence-electron chi connectivity index (χ3n) is 6.98. The molecule has 0 spiro atoms. The van der Waals surface area contributed by atoms with Crippen molar-refractivity contribution in [1.82, 2.24) is 0 Å². The van der Waals surface area contributed by atoms with E-state index >= 15 is 0 Å². The predicted octanol–water partition coefficient (Wildman–Crippen LogP) is 3.39. The second-order valence-electron chi connectivity index (χ2n) is 9.54. The molecule has 0 aromatic rings. The van der Waals surface area contributed by atoms with E-state index in [0.29, 0.717) is 44.9 Å². The molecule has 0 heterocycles. The van der Waals surface area contributed by atoms with Gasteiger partial charge in [-0.3, -0.25) is 0 Å².